The van der Waals surface area contributed by atoms with E-state index in [9.17, 15) is 4.79 Å². The number of nitrogens with two attached hydrogens (primary N) is 1. The molecule has 0 aliphatic carbocycles. The number of carbonyl (C=O) groups is 1. The fourth-order valence-electron chi connectivity index (χ4n) is 1.21. The van der Waals surface area contributed by atoms with Crippen molar-refractivity contribution in [1.29, 1.82) is 5.26 Å². The van der Waals surface area contributed by atoms with E-state index < -0.39 is 0 Å². The summed E-state index contributed by atoms with van der Waals surface area (Å²) in [7, 11) is 0. The molecule has 0 radical (unpaired) electrons. The fraction of sp³-hybridized carbons (Fsp3) is 0.864. The molecule has 2 heterocycles. The van der Waals surface area contributed by atoms with Crippen LogP contribution in [0.15, 0.2) is 5.16 Å². The van der Waals surface area contributed by atoms with Crippen LogP contribution in [0.3, 0.4) is 0 Å². The number of ether oxygens (including phenoxy) is 1. The molecular weight excluding hydrogens is 464 g/mol. The van der Waals surface area contributed by atoms with Crippen LogP contribution in [0.5, 0.6) is 0 Å². The number of halogens is 1. The molecule has 0 amide bonds. The Morgan fingerprint density at radius 1 is 1.23 bits per heavy atom. The molecule has 2 fully saturated rings. The minimum atomic E-state index is -0.0441. The molecule has 0 saturated carbocycles. The summed E-state index contributed by atoms with van der Waals surface area (Å²) in [6, 6.07) is 2.69. The van der Waals surface area contributed by atoms with Crippen molar-refractivity contribution in [2.45, 2.75) is 99.9 Å². The molecule has 31 heavy (non-hydrogen) atoms. The molecule has 0 aromatic rings. The molecule has 0 aromatic heterocycles. The van der Waals surface area contributed by atoms with Gasteiger partial charge in [0.05, 0.1) is 30.6 Å². The number of aliphatic hydroxyl groups excluding tert-OH is 1. The molecule has 0 aromatic carbocycles. The first-order chi connectivity index (χ1) is 14.3. The van der Waals surface area contributed by atoms with Gasteiger partial charge in [-0.1, -0.05) is 41.9 Å². The quantitative estimate of drug-likeness (QED) is 0.165. The molecule has 188 valence electrons. The average molecular weight is 514 g/mol. The van der Waals surface area contributed by atoms with E-state index in [1.165, 1.54) is 27.2 Å². The second kappa shape index (κ2) is 31.1. The van der Waals surface area contributed by atoms with Crippen molar-refractivity contribution in [2.75, 3.05) is 25.5 Å². The highest BCUT2D eigenvalue weighted by Crippen LogP contribution is 2.11. The number of alkyl halides is 1. The molecular formula is C22H49BrN4O4. The lowest BCUT2D eigenvalue weighted by Crippen LogP contribution is -2.53. The molecule has 0 spiro atoms. The summed E-state index contributed by atoms with van der Waals surface area (Å²) in [4.78, 5) is 11.7. The summed E-state index contributed by atoms with van der Waals surface area (Å²) < 4.78 is 4.86. The van der Waals surface area contributed by atoms with Gasteiger partial charge in [-0.15, -0.1) is 0 Å². The SMILES string of the molecule is CBr.CC#N.CC(C)=NO.CC(C)=O.CC(C)N.CC(C)N1CC(O)C1.CCC1CO1. The van der Waals surface area contributed by atoms with E-state index in [1.54, 1.807) is 19.9 Å². The standard InChI is InChI=1S/C6H13NO.C4H8O.C3H7NO.C3H9N.C3H6O.C2H3N.CH3Br/c1-5(2)7-3-6(8)4-7;1-2-4-3-5-4;1-3(2)4-5;2*1-3(2)4;1-2-3;1-2/h5-6,8H,3-4H2,1-2H3;4H,2-3H2,1H3;5H,1-2H3;3H,4H2,1-2H3;1-2H3;1H3;1H3. The molecule has 0 bridgehead atoms. The zero-order valence-corrected chi connectivity index (χ0v) is 23.2. The van der Waals surface area contributed by atoms with Gasteiger partial charge in [-0.05, 0) is 59.8 Å². The molecule has 2 aliphatic rings. The van der Waals surface area contributed by atoms with Gasteiger partial charge in [-0.2, -0.15) is 5.26 Å². The van der Waals surface area contributed by atoms with Crippen molar-refractivity contribution < 1.29 is 19.8 Å². The normalized spacial score (nSPS) is 15.3. The largest absolute Gasteiger partial charge is 0.411 e. The smallest absolute Gasteiger partial charge is 0.126 e. The third-order valence-corrected chi connectivity index (χ3v) is 2.68. The third kappa shape index (κ3) is 65.3. The predicted molar refractivity (Wildman–Crippen MR) is 135 cm³/mol. The van der Waals surface area contributed by atoms with Crippen molar-refractivity contribution in [2.24, 2.45) is 10.9 Å². The van der Waals surface area contributed by atoms with Gasteiger partial charge in [0.15, 0.2) is 0 Å². The number of ketones is 1. The van der Waals surface area contributed by atoms with E-state index in [1.807, 2.05) is 19.7 Å². The first-order valence-corrected chi connectivity index (χ1v) is 12.0. The number of Topliss-reactive ketones (excluding diaryl/α,β-unsaturated/α-hetero) is 1. The van der Waals surface area contributed by atoms with Crippen molar-refractivity contribution in [1.82, 2.24) is 4.90 Å². The fourth-order valence-corrected chi connectivity index (χ4v) is 1.21. The highest BCUT2D eigenvalue weighted by atomic mass is 79.9. The van der Waals surface area contributed by atoms with Gasteiger partial charge in [-0.3, -0.25) is 4.90 Å². The van der Waals surface area contributed by atoms with Crippen LogP contribution in [0.25, 0.3) is 0 Å². The summed E-state index contributed by atoms with van der Waals surface area (Å²) in [5.74, 6) is 1.98. The zero-order chi connectivity index (χ0) is 26.0. The Hall–Kier alpha value is -1.05. The highest BCUT2D eigenvalue weighted by Gasteiger charge is 2.25. The van der Waals surface area contributed by atoms with E-state index in [-0.39, 0.29) is 11.9 Å². The Bertz CT molecular complexity index is 421. The Morgan fingerprint density at radius 3 is 1.52 bits per heavy atom. The highest BCUT2D eigenvalue weighted by molar-refractivity contribution is 9.08. The number of carbonyl (C=O) groups excluding carboxylic acids is 1. The number of nitrogens with zero attached hydrogens (tertiary/aromatic N) is 3. The molecule has 2 rings (SSSR count). The summed E-state index contributed by atoms with van der Waals surface area (Å²) >= 11 is 2.94. The number of nitriles is 1. The van der Waals surface area contributed by atoms with Gasteiger partial charge in [-0.25, -0.2) is 0 Å². The molecule has 4 N–H and O–H groups in total. The molecule has 1 atom stereocenters. The lowest BCUT2D eigenvalue weighted by molar-refractivity contribution is -0.115. The maximum atomic E-state index is 9.44. The molecule has 9 heteroatoms. The van der Waals surface area contributed by atoms with Gasteiger partial charge in [0.1, 0.15) is 5.78 Å². The van der Waals surface area contributed by atoms with E-state index in [0.717, 1.165) is 19.7 Å². The van der Waals surface area contributed by atoms with E-state index in [0.29, 0.717) is 23.9 Å². The van der Waals surface area contributed by atoms with Crippen LogP contribution < -0.4 is 5.73 Å². The monoisotopic (exact) mass is 512 g/mol. The van der Waals surface area contributed by atoms with Gasteiger partial charge < -0.3 is 25.6 Å². The number of rotatable bonds is 2. The van der Waals surface area contributed by atoms with Crippen LogP contribution in [0, 0.1) is 11.3 Å². The number of hydrogen-bond acceptors (Lipinski definition) is 8. The Morgan fingerprint density at radius 2 is 1.48 bits per heavy atom. The lowest BCUT2D eigenvalue weighted by Gasteiger charge is -2.38. The molecule has 2 aliphatic heterocycles. The van der Waals surface area contributed by atoms with Gasteiger partial charge >= 0.3 is 0 Å². The summed E-state index contributed by atoms with van der Waals surface area (Å²) in [6.07, 6.45) is 1.78. The number of epoxide rings is 1. The number of aliphatic hydroxyl groups is 1. The van der Waals surface area contributed by atoms with E-state index in [4.69, 9.17) is 26.0 Å². The van der Waals surface area contributed by atoms with Crippen molar-refractivity contribution in [3.63, 3.8) is 0 Å². The van der Waals surface area contributed by atoms with E-state index >= 15 is 0 Å². The molecule has 1 unspecified atom stereocenters. The second-order valence-corrected chi connectivity index (χ2v) is 7.49. The van der Waals surface area contributed by atoms with Gasteiger partial charge in [0, 0.05) is 26.1 Å². The van der Waals surface area contributed by atoms with Gasteiger partial charge in [0.2, 0.25) is 0 Å². The third-order valence-electron chi connectivity index (χ3n) is 2.68. The minimum absolute atomic E-state index is 0.0441. The van der Waals surface area contributed by atoms with Crippen LogP contribution in [0.1, 0.15) is 75.7 Å². The first-order valence-electron chi connectivity index (χ1n) is 10.4. The molecule has 2 saturated heterocycles. The van der Waals surface area contributed by atoms with Gasteiger partial charge in [0.25, 0.3) is 0 Å². The zero-order valence-electron chi connectivity index (χ0n) is 21.6. The van der Waals surface area contributed by atoms with Crippen LogP contribution >= 0.6 is 15.9 Å². The van der Waals surface area contributed by atoms with Crippen LogP contribution in [-0.2, 0) is 9.53 Å². The lowest BCUT2D eigenvalue weighted by atomic mass is 10.1. The van der Waals surface area contributed by atoms with E-state index in [2.05, 4.69) is 46.8 Å². The average Bonchev–Trinajstić information content (AvgIpc) is 3.46. The maximum Gasteiger partial charge on any atom is 0.126 e. The number of oxime groups is 1. The first kappa shape index (κ1) is 40.3. The van der Waals surface area contributed by atoms with Crippen LogP contribution in [-0.4, -0.2) is 76.5 Å². The van der Waals surface area contributed by atoms with Crippen molar-refractivity contribution in [3.8, 4) is 6.07 Å². The summed E-state index contributed by atoms with van der Waals surface area (Å²) in [5, 5.41) is 26.7. The number of likely N-dealkylation sites (tertiary alicyclic amines) is 1. The predicted octanol–water partition coefficient (Wildman–Crippen LogP) is 4.21. The minimum Gasteiger partial charge on any atom is -0.411 e. The second-order valence-electron chi connectivity index (χ2n) is 7.49. The number of β-amino-alcohol motifs (C(OH)–C–C–N with tert-alkyl or cyclic N) is 1. The van der Waals surface area contributed by atoms with Crippen LogP contribution in [0.4, 0.5) is 0 Å². The summed E-state index contributed by atoms with van der Waals surface area (Å²) in [5.41, 5.74) is 5.80. The maximum absolute atomic E-state index is 9.44. The Labute approximate surface area is 199 Å². The van der Waals surface area contributed by atoms with Crippen LogP contribution in [0.2, 0.25) is 0 Å². The molecule has 8 nitrogen and oxygen atoms in total. The topological polar surface area (TPSA) is 135 Å². The summed E-state index contributed by atoms with van der Waals surface area (Å²) in [6.45, 7) is 21.0. The van der Waals surface area contributed by atoms with Crippen molar-refractivity contribution in [3.05, 3.63) is 0 Å². The Kier molecular flexibility index (Phi) is 40.5. The van der Waals surface area contributed by atoms with Crippen molar-refractivity contribution >= 4 is 27.4 Å². The number of hydrogen-bond donors (Lipinski definition) is 3. The Balaban J connectivity index is -0.0000000886.